The number of hydrogen-bond acceptors (Lipinski definition) is 3. The summed E-state index contributed by atoms with van der Waals surface area (Å²) in [5.41, 5.74) is 9.81. The van der Waals surface area contributed by atoms with Gasteiger partial charge in [0.2, 0.25) is 0 Å². The number of rotatable bonds is 5. The molecule has 1 aromatic rings. The minimum atomic E-state index is 0.0916. The summed E-state index contributed by atoms with van der Waals surface area (Å²) in [6, 6.07) is 9.03. The standard InChI is InChI=1S/C18H28N2O/c1-3-18(2,20-8-10-21-11-9-20)17(19)13-15-12-14-6-4-5-7-16(14)15/h4-7,15,17H,3,8-13,19H2,1-2H3. The van der Waals surface area contributed by atoms with Gasteiger partial charge in [-0.3, -0.25) is 4.90 Å². The van der Waals surface area contributed by atoms with Gasteiger partial charge in [-0.2, -0.15) is 0 Å². The summed E-state index contributed by atoms with van der Waals surface area (Å²) in [7, 11) is 0. The molecule has 1 saturated heterocycles. The van der Waals surface area contributed by atoms with Gasteiger partial charge < -0.3 is 10.5 Å². The molecule has 0 radical (unpaired) electrons. The van der Waals surface area contributed by atoms with E-state index < -0.39 is 0 Å². The van der Waals surface area contributed by atoms with E-state index in [9.17, 15) is 0 Å². The first-order valence-electron chi connectivity index (χ1n) is 8.31. The number of hydrogen-bond donors (Lipinski definition) is 1. The van der Waals surface area contributed by atoms with Crippen LogP contribution in [0.15, 0.2) is 24.3 Å². The van der Waals surface area contributed by atoms with Gasteiger partial charge in [0.1, 0.15) is 0 Å². The molecule has 0 aromatic heterocycles. The minimum Gasteiger partial charge on any atom is -0.379 e. The second kappa shape index (κ2) is 6.07. The number of benzene rings is 1. The van der Waals surface area contributed by atoms with Crippen molar-refractivity contribution in [1.82, 2.24) is 4.90 Å². The average molecular weight is 288 g/mol. The fourth-order valence-electron chi connectivity index (χ4n) is 3.93. The summed E-state index contributed by atoms with van der Waals surface area (Å²) in [5, 5.41) is 0. The predicted octanol–water partition coefficient (Wildman–Crippen LogP) is 2.54. The van der Waals surface area contributed by atoms with Crippen molar-refractivity contribution in [2.45, 2.75) is 50.6 Å². The quantitative estimate of drug-likeness (QED) is 0.905. The smallest absolute Gasteiger partial charge is 0.0594 e. The molecule has 0 saturated carbocycles. The topological polar surface area (TPSA) is 38.5 Å². The molecule has 3 rings (SSSR count). The van der Waals surface area contributed by atoms with E-state index in [0.717, 1.165) is 39.1 Å². The fraction of sp³-hybridized carbons (Fsp3) is 0.667. The summed E-state index contributed by atoms with van der Waals surface area (Å²) in [6.45, 7) is 8.32. The van der Waals surface area contributed by atoms with Gasteiger partial charge in [0.25, 0.3) is 0 Å². The molecule has 1 fully saturated rings. The summed E-state index contributed by atoms with van der Waals surface area (Å²) in [4.78, 5) is 2.55. The Hall–Kier alpha value is -0.900. The predicted molar refractivity (Wildman–Crippen MR) is 86.6 cm³/mol. The Balaban J connectivity index is 1.67. The molecule has 3 unspecified atom stereocenters. The molecule has 1 aromatic carbocycles. The molecule has 3 nitrogen and oxygen atoms in total. The van der Waals surface area contributed by atoms with Gasteiger partial charge in [-0.15, -0.1) is 0 Å². The first-order valence-corrected chi connectivity index (χ1v) is 8.31. The van der Waals surface area contributed by atoms with Crippen molar-refractivity contribution in [3.05, 3.63) is 35.4 Å². The zero-order chi connectivity index (χ0) is 14.9. The van der Waals surface area contributed by atoms with Crippen molar-refractivity contribution in [1.29, 1.82) is 0 Å². The molecular weight excluding hydrogens is 260 g/mol. The minimum absolute atomic E-state index is 0.0916. The molecular formula is C18H28N2O. The van der Waals surface area contributed by atoms with E-state index in [4.69, 9.17) is 10.5 Å². The third-order valence-electron chi connectivity index (χ3n) is 5.75. The Labute approximate surface area is 128 Å². The average Bonchev–Trinajstić information content (AvgIpc) is 2.52. The Morgan fingerprint density at radius 3 is 2.71 bits per heavy atom. The highest BCUT2D eigenvalue weighted by Gasteiger charge is 2.39. The van der Waals surface area contributed by atoms with Crippen molar-refractivity contribution in [3.8, 4) is 0 Å². The molecule has 2 aliphatic rings. The Bertz CT molecular complexity index is 484. The Morgan fingerprint density at radius 1 is 1.33 bits per heavy atom. The maximum absolute atomic E-state index is 6.68. The highest BCUT2D eigenvalue weighted by molar-refractivity contribution is 5.40. The molecule has 3 atom stereocenters. The van der Waals surface area contributed by atoms with E-state index >= 15 is 0 Å². The summed E-state index contributed by atoms with van der Waals surface area (Å²) in [6.07, 6.45) is 3.40. The highest BCUT2D eigenvalue weighted by Crippen LogP contribution is 2.40. The van der Waals surface area contributed by atoms with Crippen LogP contribution in [0.25, 0.3) is 0 Å². The molecule has 0 spiro atoms. The zero-order valence-electron chi connectivity index (χ0n) is 13.3. The molecule has 116 valence electrons. The lowest BCUT2D eigenvalue weighted by atomic mass is 9.71. The van der Waals surface area contributed by atoms with Crippen LogP contribution in [0.3, 0.4) is 0 Å². The Morgan fingerprint density at radius 2 is 2.05 bits per heavy atom. The van der Waals surface area contributed by atoms with Crippen LogP contribution in [0.5, 0.6) is 0 Å². The summed E-state index contributed by atoms with van der Waals surface area (Å²) in [5.74, 6) is 0.656. The molecule has 2 N–H and O–H groups in total. The van der Waals surface area contributed by atoms with Crippen molar-refractivity contribution in [3.63, 3.8) is 0 Å². The van der Waals surface area contributed by atoms with Crippen molar-refractivity contribution in [2.24, 2.45) is 5.73 Å². The molecule has 0 amide bonds. The number of nitrogens with zero attached hydrogens (tertiary/aromatic N) is 1. The first-order chi connectivity index (χ1) is 10.1. The van der Waals surface area contributed by atoms with Crippen LogP contribution in [0, 0.1) is 0 Å². The number of fused-ring (bicyclic) bond motifs is 1. The number of ether oxygens (including phenoxy) is 1. The van der Waals surface area contributed by atoms with E-state index in [1.54, 1.807) is 0 Å². The van der Waals surface area contributed by atoms with Crippen LogP contribution in [-0.4, -0.2) is 42.8 Å². The van der Waals surface area contributed by atoms with Gasteiger partial charge in [0.05, 0.1) is 13.2 Å². The van der Waals surface area contributed by atoms with Crippen LogP contribution in [0.1, 0.15) is 43.7 Å². The Kier molecular flexibility index (Phi) is 4.34. The van der Waals surface area contributed by atoms with Crippen LogP contribution < -0.4 is 5.73 Å². The first kappa shape index (κ1) is 15.0. The SMILES string of the molecule is CCC(C)(C(N)CC1Cc2ccccc21)N1CCOCC1. The zero-order valence-corrected chi connectivity index (χ0v) is 13.3. The fourth-order valence-corrected chi connectivity index (χ4v) is 3.93. The lowest BCUT2D eigenvalue weighted by Crippen LogP contribution is -2.61. The summed E-state index contributed by atoms with van der Waals surface area (Å²) < 4.78 is 5.50. The van der Waals surface area contributed by atoms with E-state index in [-0.39, 0.29) is 11.6 Å². The third-order valence-corrected chi connectivity index (χ3v) is 5.75. The van der Waals surface area contributed by atoms with Gasteiger partial charge in [-0.25, -0.2) is 0 Å². The normalized spacial score (nSPS) is 26.5. The van der Waals surface area contributed by atoms with Crippen LogP contribution >= 0.6 is 0 Å². The van der Waals surface area contributed by atoms with E-state index in [1.807, 2.05) is 0 Å². The van der Waals surface area contributed by atoms with E-state index in [1.165, 1.54) is 17.5 Å². The molecule has 1 heterocycles. The van der Waals surface area contributed by atoms with Crippen LogP contribution in [0.2, 0.25) is 0 Å². The van der Waals surface area contributed by atoms with Gasteiger partial charge in [-0.1, -0.05) is 31.2 Å². The van der Waals surface area contributed by atoms with Crippen molar-refractivity contribution in [2.75, 3.05) is 26.3 Å². The number of morpholine rings is 1. The van der Waals surface area contributed by atoms with Gasteiger partial charge >= 0.3 is 0 Å². The monoisotopic (exact) mass is 288 g/mol. The molecule has 3 heteroatoms. The molecule has 0 bridgehead atoms. The van der Waals surface area contributed by atoms with E-state index in [2.05, 4.69) is 43.0 Å². The lowest BCUT2D eigenvalue weighted by molar-refractivity contribution is -0.0292. The maximum Gasteiger partial charge on any atom is 0.0594 e. The lowest BCUT2D eigenvalue weighted by Gasteiger charge is -2.48. The second-order valence-electron chi connectivity index (χ2n) is 6.75. The van der Waals surface area contributed by atoms with E-state index in [0.29, 0.717) is 5.92 Å². The number of nitrogens with two attached hydrogens (primary N) is 1. The van der Waals surface area contributed by atoms with Crippen molar-refractivity contribution < 1.29 is 4.74 Å². The molecule has 1 aliphatic carbocycles. The molecule has 1 aliphatic heterocycles. The third kappa shape index (κ3) is 2.75. The maximum atomic E-state index is 6.68. The van der Waals surface area contributed by atoms with Crippen molar-refractivity contribution >= 4 is 0 Å². The molecule has 21 heavy (non-hydrogen) atoms. The highest BCUT2D eigenvalue weighted by atomic mass is 16.5. The van der Waals surface area contributed by atoms with Gasteiger partial charge in [-0.05, 0) is 43.2 Å². The van der Waals surface area contributed by atoms with Crippen LogP contribution in [-0.2, 0) is 11.2 Å². The van der Waals surface area contributed by atoms with Gasteiger partial charge in [0, 0.05) is 24.7 Å². The van der Waals surface area contributed by atoms with Crippen LogP contribution in [0.4, 0.5) is 0 Å². The second-order valence-corrected chi connectivity index (χ2v) is 6.75. The van der Waals surface area contributed by atoms with Gasteiger partial charge in [0.15, 0.2) is 0 Å². The largest absolute Gasteiger partial charge is 0.379 e. The summed E-state index contributed by atoms with van der Waals surface area (Å²) >= 11 is 0.